The summed E-state index contributed by atoms with van der Waals surface area (Å²) in [6, 6.07) is 14.4. The van der Waals surface area contributed by atoms with Gasteiger partial charge in [-0.25, -0.2) is 4.98 Å². The molecule has 0 unspecified atom stereocenters. The van der Waals surface area contributed by atoms with Gasteiger partial charge in [-0.15, -0.1) is 0 Å². The average molecular weight is 412 g/mol. The molecule has 0 aliphatic heterocycles. The molecule has 0 saturated carbocycles. The number of para-hydroxylation sites is 3. The van der Waals surface area contributed by atoms with E-state index in [4.69, 9.17) is 0 Å². The van der Waals surface area contributed by atoms with Gasteiger partial charge in [0.1, 0.15) is 0 Å². The van der Waals surface area contributed by atoms with Crippen molar-refractivity contribution in [2.45, 2.75) is 20.0 Å². The van der Waals surface area contributed by atoms with E-state index in [1.165, 1.54) is 16.7 Å². The maximum Gasteiger partial charge on any atom is 0.418 e. The molecule has 1 N–H and O–H groups in total. The Morgan fingerprint density at radius 2 is 1.70 bits per heavy atom. The molecule has 0 aliphatic carbocycles. The Morgan fingerprint density at radius 1 is 1.03 bits per heavy atom. The standard InChI is InChI=1S/C22H19F3N4O/c1-13-12-15(14(2)29(13)18-10-6-4-8-16(18)22(23,24)25)20(30)27-21-26-17-9-5-7-11-19(17)28(21)3/h4-12H,1-3H3,(H,26,27,30). The number of alkyl halides is 3. The molecule has 30 heavy (non-hydrogen) atoms. The first-order chi connectivity index (χ1) is 14.2. The Morgan fingerprint density at radius 3 is 2.40 bits per heavy atom. The predicted octanol–water partition coefficient (Wildman–Crippen LogP) is 5.25. The zero-order chi connectivity index (χ0) is 21.6. The Balaban J connectivity index is 1.74. The minimum absolute atomic E-state index is 0.0122. The first-order valence-corrected chi connectivity index (χ1v) is 9.27. The minimum atomic E-state index is -4.50. The number of rotatable bonds is 3. The van der Waals surface area contributed by atoms with Crippen molar-refractivity contribution in [2.24, 2.45) is 7.05 Å². The van der Waals surface area contributed by atoms with Crippen LogP contribution in [0.3, 0.4) is 0 Å². The molecule has 2 heterocycles. The molecule has 0 radical (unpaired) electrons. The molecule has 0 aliphatic rings. The number of aryl methyl sites for hydroxylation is 2. The van der Waals surface area contributed by atoms with Crippen LogP contribution in [0.5, 0.6) is 0 Å². The molecule has 0 saturated heterocycles. The minimum Gasteiger partial charge on any atom is -0.317 e. The maximum atomic E-state index is 13.5. The number of nitrogens with zero attached hydrogens (tertiary/aromatic N) is 3. The summed E-state index contributed by atoms with van der Waals surface area (Å²) in [5.41, 5.74) is 2.06. The Labute approximate surface area is 170 Å². The molecule has 4 aromatic rings. The normalized spacial score (nSPS) is 11.8. The summed E-state index contributed by atoms with van der Waals surface area (Å²) in [5, 5.41) is 2.77. The van der Waals surface area contributed by atoms with E-state index < -0.39 is 17.6 Å². The van der Waals surface area contributed by atoms with Crippen molar-refractivity contribution < 1.29 is 18.0 Å². The molecule has 2 aromatic carbocycles. The van der Waals surface area contributed by atoms with Gasteiger partial charge in [0.15, 0.2) is 0 Å². The van der Waals surface area contributed by atoms with E-state index in [-0.39, 0.29) is 11.3 Å². The Kier molecular flexibility index (Phi) is 4.64. The Bertz CT molecular complexity index is 1270. The van der Waals surface area contributed by atoms with Gasteiger partial charge in [0.05, 0.1) is 27.8 Å². The van der Waals surface area contributed by atoms with Crippen molar-refractivity contribution in [3.05, 3.63) is 77.1 Å². The summed E-state index contributed by atoms with van der Waals surface area (Å²) >= 11 is 0. The topological polar surface area (TPSA) is 51.9 Å². The van der Waals surface area contributed by atoms with Crippen LogP contribution in [0.2, 0.25) is 0 Å². The highest BCUT2D eigenvalue weighted by Crippen LogP contribution is 2.35. The molecule has 0 fully saturated rings. The second-order valence-corrected chi connectivity index (χ2v) is 7.07. The van der Waals surface area contributed by atoms with Gasteiger partial charge >= 0.3 is 6.18 Å². The molecule has 1 amide bonds. The van der Waals surface area contributed by atoms with E-state index in [1.54, 1.807) is 37.6 Å². The SMILES string of the molecule is Cc1cc(C(=O)Nc2nc3ccccc3n2C)c(C)n1-c1ccccc1C(F)(F)F. The summed E-state index contributed by atoms with van der Waals surface area (Å²) in [4.78, 5) is 17.4. The molecule has 4 rings (SSSR count). The summed E-state index contributed by atoms with van der Waals surface area (Å²) in [6.45, 7) is 3.30. The summed E-state index contributed by atoms with van der Waals surface area (Å²) in [7, 11) is 1.79. The van der Waals surface area contributed by atoms with E-state index in [2.05, 4.69) is 10.3 Å². The molecule has 0 bridgehead atoms. The number of benzene rings is 2. The average Bonchev–Trinajstić information content (AvgIpc) is 3.17. The fraction of sp³-hybridized carbons (Fsp3) is 0.182. The van der Waals surface area contributed by atoms with Crippen LogP contribution < -0.4 is 5.32 Å². The molecule has 0 atom stereocenters. The van der Waals surface area contributed by atoms with E-state index in [0.717, 1.165) is 17.1 Å². The highest BCUT2D eigenvalue weighted by molar-refractivity contribution is 6.05. The van der Waals surface area contributed by atoms with E-state index in [0.29, 0.717) is 17.3 Å². The summed E-state index contributed by atoms with van der Waals surface area (Å²) in [6.07, 6.45) is -4.50. The highest BCUT2D eigenvalue weighted by atomic mass is 19.4. The van der Waals surface area contributed by atoms with Crippen molar-refractivity contribution >= 4 is 22.9 Å². The number of anilines is 1. The van der Waals surface area contributed by atoms with Gasteiger partial charge in [-0.1, -0.05) is 24.3 Å². The van der Waals surface area contributed by atoms with Gasteiger partial charge in [-0.2, -0.15) is 13.2 Å². The first-order valence-electron chi connectivity index (χ1n) is 9.27. The van der Waals surface area contributed by atoms with Crippen LogP contribution in [0.25, 0.3) is 16.7 Å². The number of halogens is 3. The van der Waals surface area contributed by atoms with Crippen LogP contribution in [-0.4, -0.2) is 20.0 Å². The molecular weight excluding hydrogens is 393 g/mol. The number of amides is 1. The van der Waals surface area contributed by atoms with Crippen LogP contribution in [0, 0.1) is 13.8 Å². The van der Waals surface area contributed by atoms with Gasteiger partial charge in [-0.3, -0.25) is 10.1 Å². The van der Waals surface area contributed by atoms with Crippen LogP contribution in [-0.2, 0) is 13.2 Å². The zero-order valence-corrected chi connectivity index (χ0v) is 16.6. The number of aromatic nitrogens is 3. The predicted molar refractivity (Wildman–Crippen MR) is 109 cm³/mol. The smallest absolute Gasteiger partial charge is 0.317 e. The molecule has 5 nitrogen and oxygen atoms in total. The number of nitrogens with one attached hydrogen (secondary N) is 1. The van der Waals surface area contributed by atoms with Crippen molar-refractivity contribution in [1.29, 1.82) is 0 Å². The third-order valence-electron chi connectivity index (χ3n) is 5.14. The number of hydrogen-bond donors (Lipinski definition) is 1. The quantitative estimate of drug-likeness (QED) is 0.500. The monoisotopic (exact) mass is 412 g/mol. The molecule has 154 valence electrons. The maximum absolute atomic E-state index is 13.5. The molecule has 8 heteroatoms. The summed E-state index contributed by atoms with van der Waals surface area (Å²) in [5.74, 6) is -0.0704. The van der Waals surface area contributed by atoms with Gasteiger partial charge in [-0.05, 0) is 44.2 Å². The zero-order valence-electron chi connectivity index (χ0n) is 16.6. The third-order valence-corrected chi connectivity index (χ3v) is 5.14. The number of carbonyl (C=O) groups excluding carboxylic acids is 1. The number of imidazole rings is 1. The van der Waals surface area contributed by atoms with Gasteiger partial charge in [0.25, 0.3) is 5.91 Å². The van der Waals surface area contributed by atoms with E-state index in [1.807, 2.05) is 24.3 Å². The van der Waals surface area contributed by atoms with Crippen LogP contribution in [0.1, 0.15) is 27.3 Å². The fourth-order valence-electron chi connectivity index (χ4n) is 3.70. The lowest BCUT2D eigenvalue weighted by Gasteiger charge is -2.16. The van der Waals surface area contributed by atoms with Crippen LogP contribution >= 0.6 is 0 Å². The molecule has 2 aromatic heterocycles. The van der Waals surface area contributed by atoms with Crippen molar-refractivity contribution in [3.8, 4) is 5.69 Å². The van der Waals surface area contributed by atoms with Crippen LogP contribution in [0.15, 0.2) is 54.6 Å². The number of fused-ring (bicyclic) bond motifs is 1. The highest BCUT2D eigenvalue weighted by Gasteiger charge is 2.34. The second-order valence-electron chi connectivity index (χ2n) is 7.07. The second kappa shape index (κ2) is 7.05. The number of carbonyl (C=O) groups is 1. The molecular formula is C22H19F3N4O. The summed E-state index contributed by atoms with van der Waals surface area (Å²) < 4.78 is 43.7. The Hall–Kier alpha value is -3.55. The lowest BCUT2D eigenvalue weighted by Crippen LogP contribution is -2.16. The van der Waals surface area contributed by atoms with Gasteiger partial charge in [0.2, 0.25) is 5.95 Å². The first kappa shape index (κ1) is 19.8. The van der Waals surface area contributed by atoms with Crippen molar-refractivity contribution in [1.82, 2.24) is 14.1 Å². The lowest BCUT2D eigenvalue weighted by molar-refractivity contribution is -0.137. The van der Waals surface area contributed by atoms with Crippen molar-refractivity contribution in [3.63, 3.8) is 0 Å². The van der Waals surface area contributed by atoms with Crippen molar-refractivity contribution in [2.75, 3.05) is 5.32 Å². The largest absolute Gasteiger partial charge is 0.418 e. The fourth-order valence-corrected chi connectivity index (χ4v) is 3.70. The van der Waals surface area contributed by atoms with Gasteiger partial charge in [0, 0.05) is 18.4 Å². The van der Waals surface area contributed by atoms with E-state index >= 15 is 0 Å². The number of hydrogen-bond acceptors (Lipinski definition) is 2. The molecule has 0 spiro atoms. The lowest BCUT2D eigenvalue weighted by atomic mass is 10.1. The van der Waals surface area contributed by atoms with Gasteiger partial charge < -0.3 is 9.13 Å². The van der Waals surface area contributed by atoms with Crippen LogP contribution in [0.4, 0.5) is 19.1 Å². The third kappa shape index (κ3) is 3.24. The van der Waals surface area contributed by atoms with E-state index in [9.17, 15) is 18.0 Å².